The summed E-state index contributed by atoms with van der Waals surface area (Å²) in [4.78, 5) is 0. The van der Waals surface area contributed by atoms with Crippen molar-refractivity contribution in [2.45, 2.75) is 7.43 Å². The molecule has 0 bridgehead atoms. The Morgan fingerprint density at radius 3 is 1.00 bits per heavy atom. The minimum absolute atomic E-state index is 0. The van der Waals surface area contributed by atoms with Crippen LogP contribution in [0.25, 0.3) is 0 Å². The van der Waals surface area contributed by atoms with Gasteiger partial charge in [-0.15, -0.1) is 0 Å². The van der Waals surface area contributed by atoms with Gasteiger partial charge in [-0.1, -0.05) is 7.43 Å². The first-order valence-electron chi connectivity index (χ1n) is 1.89. The molecule has 0 N–H and O–H groups in total. The van der Waals surface area contributed by atoms with Gasteiger partial charge in [0.15, 0.2) is 6.33 Å². The van der Waals surface area contributed by atoms with Crippen LogP contribution in [0.3, 0.4) is 0 Å². The SMILES string of the molecule is C.F.FC(F)=C(F)F.FC=C(F)F.[HH]. The maximum absolute atomic E-state index is 10.3. The van der Waals surface area contributed by atoms with Crippen molar-refractivity contribution in [2.75, 3.05) is 0 Å². The summed E-state index contributed by atoms with van der Waals surface area (Å²) in [6, 6.07) is 0. The Bertz CT molecular complexity index is 143. The summed E-state index contributed by atoms with van der Waals surface area (Å²) in [5, 5.41) is 0. The monoisotopic (exact) mass is 220 g/mol. The molecule has 13 heavy (non-hydrogen) atoms. The number of hydrogen-bond acceptors (Lipinski definition) is 0. The molecule has 0 aromatic heterocycles. The van der Waals surface area contributed by atoms with Crippen molar-refractivity contribution >= 4 is 0 Å². The minimum atomic E-state index is -2.91. The van der Waals surface area contributed by atoms with E-state index in [2.05, 4.69) is 0 Å². The van der Waals surface area contributed by atoms with E-state index in [4.69, 9.17) is 0 Å². The summed E-state index contributed by atoms with van der Waals surface area (Å²) in [6.45, 7) is 0. The van der Waals surface area contributed by atoms with Gasteiger partial charge in [-0.2, -0.15) is 26.3 Å². The third-order valence-corrected chi connectivity index (χ3v) is 0.225. The summed E-state index contributed by atoms with van der Waals surface area (Å²) in [7, 11) is 0. The van der Waals surface area contributed by atoms with Crippen LogP contribution < -0.4 is 0 Å². The van der Waals surface area contributed by atoms with Crippen LogP contribution in [-0.2, 0) is 0 Å². The summed E-state index contributed by atoms with van der Waals surface area (Å²) in [5.41, 5.74) is 0. The molecular formula is C5H8F8. The van der Waals surface area contributed by atoms with Gasteiger partial charge in [-0.25, -0.2) is 4.39 Å². The van der Waals surface area contributed by atoms with E-state index >= 15 is 0 Å². The highest BCUT2D eigenvalue weighted by atomic mass is 19.3. The molecule has 0 radical (unpaired) electrons. The second-order valence-corrected chi connectivity index (χ2v) is 0.920. The van der Waals surface area contributed by atoms with Crippen molar-refractivity contribution in [1.29, 1.82) is 0 Å². The van der Waals surface area contributed by atoms with Crippen LogP contribution in [0.5, 0.6) is 0 Å². The molecule has 0 aromatic rings. The van der Waals surface area contributed by atoms with E-state index in [9.17, 15) is 30.7 Å². The van der Waals surface area contributed by atoms with Crippen LogP contribution in [-0.4, -0.2) is 0 Å². The van der Waals surface area contributed by atoms with Crippen LogP contribution in [0.15, 0.2) is 24.6 Å². The first-order chi connectivity index (χ1) is 4.91. The third kappa shape index (κ3) is 35.9. The zero-order valence-electron chi connectivity index (χ0n) is 5.13. The van der Waals surface area contributed by atoms with Gasteiger partial charge in [0, 0.05) is 1.43 Å². The smallest absolute Gasteiger partial charge is 0.269 e. The van der Waals surface area contributed by atoms with E-state index < -0.39 is 24.6 Å². The normalized spacial score (nSPS) is 6.38. The quantitative estimate of drug-likeness (QED) is 0.518. The summed E-state index contributed by atoms with van der Waals surface area (Å²) in [6.07, 6.45) is -8.85. The van der Waals surface area contributed by atoms with E-state index in [0.29, 0.717) is 0 Å². The van der Waals surface area contributed by atoms with Crippen molar-refractivity contribution in [1.82, 2.24) is 0 Å². The van der Waals surface area contributed by atoms with Crippen molar-refractivity contribution in [3.8, 4) is 0 Å². The second kappa shape index (κ2) is 13.5. The van der Waals surface area contributed by atoms with Crippen LogP contribution in [0.2, 0.25) is 0 Å². The fourth-order valence-electron chi connectivity index (χ4n) is 0. The van der Waals surface area contributed by atoms with Gasteiger partial charge in [0.05, 0.1) is 0 Å². The average Bonchev–Trinajstić information content (AvgIpc) is 1.89. The van der Waals surface area contributed by atoms with Gasteiger partial charge in [0.25, 0.3) is 6.08 Å². The Morgan fingerprint density at radius 1 is 0.846 bits per heavy atom. The molecule has 0 rings (SSSR count). The molecule has 0 aliphatic heterocycles. The maximum Gasteiger partial charge on any atom is 0.334 e. The van der Waals surface area contributed by atoms with E-state index in [-0.39, 0.29) is 13.6 Å². The molecule has 0 saturated heterocycles. The molecular weight excluding hydrogens is 212 g/mol. The highest BCUT2D eigenvalue weighted by Crippen LogP contribution is 2.08. The molecule has 0 aliphatic carbocycles. The lowest BCUT2D eigenvalue weighted by atomic mass is 11.1. The zero-order chi connectivity index (χ0) is 9.44. The van der Waals surface area contributed by atoms with E-state index in [1.165, 1.54) is 0 Å². The van der Waals surface area contributed by atoms with Gasteiger partial charge in [0.2, 0.25) is 0 Å². The van der Waals surface area contributed by atoms with Gasteiger partial charge in [0.1, 0.15) is 0 Å². The molecule has 0 aliphatic rings. The number of rotatable bonds is 0. The molecule has 0 spiro atoms. The highest BCUT2D eigenvalue weighted by molar-refractivity contribution is 4.77. The Morgan fingerprint density at radius 2 is 1.00 bits per heavy atom. The van der Waals surface area contributed by atoms with E-state index in [1.807, 2.05) is 0 Å². The Kier molecular flexibility index (Phi) is 23.5. The molecule has 0 atom stereocenters. The van der Waals surface area contributed by atoms with Crippen molar-refractivity contribution in [3.63, 3.8) is 0 Å². The first-order valence-corrected chi connectivity index (χ1v) is 1.89. The Balaban J connectivity index is -0.0000000321. The van der Waals surface area contributed by atoms with E-state index in [0.717, 1.165) is 0 Å². The molecule has 0 unspecified atom stereocenters. The van der Waals surface area contributed by atoms with Crippen LogP contribution in [0, 0.1) is 0 Å². The number of hydrogen-bond donors (Lipinski definition) is 0. The van der Waals surface area contributed by atoms with E-state index in [1.54, 1.807) is 0 Å². The van der Waals surface area contributed by atoms with Crippen LogP contribution in [0.1, 0.15) is 8.85 Å². The Labute approximate surface area is 70.2 Å². The molecule has 84 valence electrons. The van der Waals surface area contributed by atoms with Crippen molar-refractivity contribution in [3.05, 3.63) is 24.6 Å². The van der Waals surface area contributed by atoms with Gasteiger partial charge < -0.3 is 0 Å². The molecule has 0 aromatic carbocycles. The molecule has 8 heteroatoms. The number of halogens is 8. The van der Waals surface area contributed by atoms with Crippen LogP contribution in [0.4, 0.5) is 35.4 Å². The second-order valence-electron chi connectivity index (χ2n) is 0.920. The van der Waals surface area contributed by atoms with Crippen molar-refractivity contribution < 1.29 is 36.9 Å². The summed E-state index contributed by atoms with van der Waals surface area (Å²) < 4.78 is 71.9. The minimum Gasteiger partial charge on any atom is -0.269 e. The zero-order valence-corrected chi connectivity index (χ0v) is 5.13. The first kappa shape index (κ1) is 22.7. The lowest BCUT2D eigenvalue weighted by Crippen LogP contribution is -1.56. The van der Waals surface area contributed by atoms with Gasteiger partial charge in [-0.05, 0) is 0 Å². The lowest BCUT2D eigenvalue weighted by molar-refractivity contribution is 0.308. The highest BCUT2D eigenvalue weighted by Gasteiger charge is 1.98. The molecule has 0 heterocycles. The topological polar surface area (TPSA) is 0 Å². The lowest BCUT2D eigenvalue weighted by Gasteiger charge is -1.69. The molecule has 0 nitrogen and oxygen atoms in total. The predicted molar refractivity (Wildman–Crippen MR) is 34.2 cm³/mol. The molecule has 0 saturated carbocycles. The fourth-order valence-corrected chi connectivity index (χ4v) is 0. The van der Waals surface area contributed by atoms with Gasteiger partial charge in [-0.3, -0.25) is 4.70 Å². The Hall–Kier alpha value is -1.08. The predicted octanol–water partition coefficient (Wildman–Crippen LogP) is 4.72. The van der Waals surface area contributed by atoms with Crippen LogP contribution >= 0.6 is 0 Å². The fraction of sp³-hybridized carbons (Fsp3) is 0.200. The average molecular weight is 220 g/mol. The summed E-state index contributed by atoms with van der Waals surface area (Å²) in [5.74, 6) is 0. The molecule has 0 amide bonds. The van der Waals surface area contributed by atoms with Gasteiger partial charge >= 0.3 is 12.2 Å². The third-order valence-electron chi connectivity index (χ3n) is 0.225. The standard InChI is InChI=1S/C2F4.C2HF3.CH4.FH.H2/c3-1(4)2(5)6;3-1-2(4)5;;;/h;1H;1H4;2*1H. The largest absolute Gasteiger partial charge is 0.334 e. The summed E-state index contributed by atoms with van der Waals surface area (Å²) >= 11 is 0. The van der Waals surface area contributed by atoms with Crippen molar-refractivity contribution in [2.24, 2.45) is 0 Å². The maximum atomic E-state index is 10.3. The molecule has 0 fully saturated rings.